The van der Waals surface area contributed by atoms with Crippen LogP contribution in [0.25, 0.3) is 10.2 Å². The van der Waals surface area contributed by atoms with Gasteiger partial charge in [0.15, 0.2) is 5.13 Å². The third-order valence-electron chi connectivity index (χ3n) is 4.11. The van der Waals surface area contributed by atoms with Crippen LogP contribution in [0.2, 0.25) is 0 Å². The highest BCUT2D eigenvalue weighted by atomic mass is 32.1. The first-order chi connectivity index (χ1) is 14.2. The third-order valence-corrected chi connectivity index (χ3v) is 5.04. The van der Waals surface area contributed by atoms with Crippen LogP contribution in [-0.2, 0) is 0 Å². The lowest BCUT2D eigenvalue weighted by Crippen LogP contribution is -2.30. The fourth-order valence-electron chi connectivity index (χ4n) is 2.64. The van der Waals surface area contributed by atoms with Gasteiger partial charge in [-0.15, -0.1) is 13.2 Å². The van der Waals surface area contributed by atoms with Crippen LogP contribution in [0.5, 0.6) is 5.75 Å². The maximum atomic E-state index is 12.5. The lowest BCUT2D eigenvalue weighted by atomic mass is 10.2. The van der Waals surface area contributed by atoms with E-state index in [1.807, 2.05) is 0 Å². The van der Waals surface area contributed by atoms with Gasteiger partial charge in [-0.1, -0.05) is 17.4 Å². The van der Waals surface area contributed by atoms with Crippen LogP contribution in [-0.4, -0.2) is 29.3 Å². The number of halogens is 3. The number of alkyl halides is 3. The van der Waals surface area contributed by atoms with E-state index in [-0.39, 0.29) is 23.0 Å². The number of urea groups is 1. The van der Waals surface area contributed by atoms with Gasteiger partial charge in [-0.25, -0.2) is 9.78 Å². The van der Waals surface area contributed by atoms with Crippen LogP contribution in [0.1, 0.15) is 23.2 Å². The zero-order valence-electron chi connectivity index (χ0n) is 15.2. The summed E-state index contributed by atoms with van der Waals surface area (Å²) >= 11 is 1.02. The first-order valence-corrected chi connectivity index (χ1v) is 9.72. The highest BCUT2D eigenvalue weighted by molar-refractivity contribution is 7.22. The summed E-state index contributed by atoms with van der Waals surface area (Å²) in [5.41, 5.74) is 1.18. The summed E-state index contributed by atoms with van der Waals surface area (Å²) in [6.45, 7) is 0. The molecule has 0 bridgehead atoms. The minimum Gasteiger partial charge on any atom is -0.406 e. The van der Waals surface area contributed by atoms with Gasteiger partial charge < -0.3 is 15.4 Å². The SMILES string of the molecule is O=C(Nc1cccc(C(=O)Nc2nc3ccc(OC(F)(F)F)cc3s2)c1)NC1CC1. The number of aromatic nitrogens is 1. The van der Waals surface area contributed by atoms with Crippen molar-refractivity contribution in [3.8, 4) is 5.75 Å². The van der Waals surface area contributed by atoms with Crippen LogP contribution < -0.4 is 20.7 Å². The minimum atomic E-state index is -4.79. The first-order valence-electron chi connectivity index (χ1n) is 8.90. The van der Waals surface area contributed by atoms with Gasteiger partial charge in [0.25, 0.3) is 5.91 Å². The fourth-order valence-corrected chi connectivity index (χ4v) is 3.53. The van der Waals surface area contributed by atoms with Gasteiger partial charge in [0.05, 0.1) is 10.2 Å². The van der Waals surface area contributed by atoms with Crippen molar-refractivity contribution < 1.29 is 27.5 Å². The molecule has 0 atom stereocenters. The maximum absolute atomic E-state index is 12.5. The van der Waals surface area contributed by atoms with Crippen LogP contribution in [0, 0.1) is 0 Å². The molecule has 2 aromatic carbocycles. The molecule has 1 aliphatic rings. The van der Waals surface area contributed by atoms with E-state index in [1.165, 1.54) is 18.2 Å². The number of thiazole rings is 1. The van der Waals surface area contributed by atoms with Crippen molar-refractivity contribution in [1.82, 2.24) is 10.3 Å². The summed E-state index contributed by atoms with van der Waals surface area (Å²) in [6, 6.07) is 9.99. The van der Waals surface area contributed by atoms with Crippen molar-refractivity contribution in [2.75, 3.05) is 10.6 Å². The second-order valence-corrected chi connectivity index (χ2v) is 7.63. The fraction of sp³-hybridized carbons (Fsp3) is 0.211. The first kappa shape index (κ1) is 20.0. The molecule has 0 saturated heterocycles. The van der Waals surface area contributed by atoms with E-state index >= 15 is 0 Å². The molecular formula is C19H15F3N4O3S. The van der Waals surface area contributed by atoms with Gasteiger partial charge in [0, 0.05) is 23.4 Å². The van der Waals surface area contributed by atoms with Crippen molar-refractivity contribution in [3.05, 3.63) is 48.0 Å². The number of carbonyl (C=O) groups excluding carboxylic acids is 2. The maximum Gasteiger partial charge on any atom is 0.573 e. The van der Waals surface area contributed by atoms with Crippen molar-refractivity contribution in [2.45, 2.75) is 25.2 Å². The van der Waals surface area contributed by atoms with Crippen molar-refractivity contribution in [2.24, 2.45) is 0 Å². The standard InChI is InChI=1S/C19H15F3N4O3S/c20-19(21,22)29-13-6-7-14-15(9-13)30-18(25-14)26-16(27)10-2-1-3-12(8-10)24-17(28)23-11-4-5-11/h1-3,6-9,11H,4-5H2,(H2,23,24,28)(H,25,26,27). The Morgan fingerprint density at radius 3 is 2.63 bits per heavy atom. The number of amides is 3. The molecular weight excluding hydrogens is 421 g/mol. The molecule has 1 saturated carbocycles. The van der Waals surface area contributed by atoms with Crippen LogP contribution in [0.4, 0.5) is 28.8 Å². The molecule has 0 unspecified atom stereocenters. The molecule has 4 rings (SSSR count). The van der Waals surface area contributed by atoms with E-state index in [9.17, 15) is 22.8 Å². The predicted octanol–water partition coefficient (Wildman–Crippen LogP) is 4.73. The van der Waals surface area contributed by atoms with E-state index < -0.39 is 12.3 Å². The van der Waals surface area contributed by atoms with Crippen LogP contribution in [0.15, 0.2) is 42.5 Å². The summed E-state index contributed by atoms with van der Waals surface area (Å²) in [5, 5.41) is 8.30. The molecule has 0 spiro atoms. The molecule has 3 N–H and O–H groups in total. The molecule has 3 aromatic rings. The van der Waals surface area contributed by atoms with Crippen molar-refractivity contribution in [3.63, 3.8) is 0 Å². The largest absolute Gasteiger partial charge is 0.573 e. The average Bonchev–Trinajstić information content (AvgIpc) is 3.37. The summed E-state index contributed by atoms with van der Waals surface area (Å²) < 4.78 is 41.4. The van der Waals surface area contributed by atoms with Gasteiger partial charge in [-0.3, -0.25) is 10.1 Å². The Hall–Kier alpha value is -3.34. The molecule has 1 fully saturated rings. The van der Waals surface area contributed by atoms with Crippen molar-refractivity contribution in [1.29, 1.82) is 0 Å². The Kier molecular flexibility index (Phi) is 5.20. The molecule has 3 amide bonds. The Balaban J connectivity index is 1.44. The average molecular weight is 436 g/mol. The summed E-state index contributed by atoms with van der Waals surface area (Å²) in [6.07, 6.45) is -2.87. The predicted molar refractivity (Wildman–Crippen MR) is 106 cm³/mol. The molecule has 7 nitrogen and oxygen atoms in total. The summed E-state index contributed by atoms with van der Waals surface area (Å²) in [5.74, 6) is -0.827. The highest BCUT2D eigenvalue weighted by Gasteiger charge is 2.31. The van der Waals surface area contributed by atoms with Gasteiger partial charge >= 0.3 is 12.4 Å². The van der Waals surface area contributed by atoms with E-state index in [2.05, 4.69) is 25.7 Å². The topological polar surface area (TPSA) is 92.4 Å². The van der Waals surface area contributed by atoms with Gasteiger partial charge in [-0.05, 0) is 43.2 Å². The third kappa shape index (κ3) is 5.17. The molecule has 11 heteroatoms. The quantitative estimate of drug-likeness (QED) is 0.539. The van der Waals surface area contributed by atoms with E-state index in [4.69, 9.17) is 0 Å². The molecule has 30 heavy (non-hydrogen) atoms. The Morgan fingerprint density at radius 1 is 1.10 bits per heavy atom. The van der Waals surface area contributed by atoms with E-state index in [1.54, 1.807) is 18.2 Å². The second kappa shape index (κ2) is 7.82. The number of benzene rings is 2. The Morgan fingerprint density at radius 2 is 1.90 bits per heavy atom. The number of hydrogen-bond donors (Lipinski definition) is 3. The number of rotatable bonds is 5. The van der Waals surface area contributed by atoms with Gasteiger partial charge in [0.2, 0.25) is 0 Å². The normalized spacial score (nSPS) is 13.7. The summed E-state index contributed by atoms with van der Waals surface area (Å²) in [7, 11) is 0. The zero-order valence-corrected chi connectivity index (χ0v) is 16.1. The lowest BCUT2D eigenvalue weighted by Gasteiger charge is -2.08. The van der Waals surface area contributed by atoms with Crippen LogP contribution >= 0.6 is 11.3 Å². The lowest BCUT2D eigenvalue weighted by molar-refractivity contribution is -0.274. The number of ether oxygens (including phenoxy) is 1. The van der Waals surface area contributed by atoms with E-state index in [0.29, 0.717) is 21.5 Å². The molecule has 1 aliphatic carbocycles. The molecule has 1 heterocycles. The van der Waals surface area contributed by atoms with Crippen LogP contribution in [0.3, 0.4) is 0 Å². The zero-order chi connectivity index (χ0) is 21.3. The van der Waals surface area contributed by atoms with Crippen molar-refractivity contribution >= 4 is 44.3 Å². The molecule has 0 radical (unpaired) electrons. The van der Waals surface area contributed by atoms with Gasteiger partial charge in [-0.2, -0.15) is 0 Å². The number of nitrogens with zero attached hydrogens (tertiary/aromatic N) is 1. The molecule has 0 aliphatic heterocycles. The number of hydrogen-bond acceptors (Lipinski definition) is 5. The monoisotopic (exact) mass is 436 g/mol. The minimum absolute atomic E-state index is 0.206. The van der Waals surface area contributed by atoms with E-state index in [0.717, 1.165) is 30.2 Å². The Bertz CT molecular complexity index is 1110. The number of anilines is 2. The number of carbonyl (C=O) groups is 2. The Labute approximate surface area is 172 Å². The molecule has 1 aromatic heterocycles. The number of nitrogens with one attached hydrogen (secondary N) is 3. The summed E-state index contributed by atoms with van der Waals surface area (Å²) in [4.78, 5) is 28.6. The number of fused-ring (bicyclic) bond motifs is 1. The second-order valence-electron chi connectivity index (χ2n) is 6.60. The highest BCUT2D eigenvalue weighted by Crippen LogP contribution is 2.31. The smallest absolute Gasteiger partial charge is 0.406 e. The van der Waals surface area contributed by atoms with Gasteiger partial charge in [0.1, 0.15) is 5.75 Å². The molecule has 156 valence electrons.